The maximum atomic E-state index is 11.7. The maximum absolute atomic E-state index is 11.7. The Morgan fingerprint density at radius 3 is 2.35 bits per heavy atom. The van der Waals surface area contributed by atoms with Crippen molar-refractivity contribution in [2.75, 3.05) is 13.2 Å². The van der Waals surface area contributed by atoms with E-state index in [4.69, 9.17) is 0 Å². The van der Waals surface area contributed by atoms with Crippen molar-refractivity contribution in [2.24, 2.45) is 11.8 Å². The number of sulfonamides is 1. The summed E-state index contributed by atoms with van der Waals surface area (Å²) in [6.45, 7) is 0.496. The second-order valence-electron chi connectivity index (χ2n) is 5.53. The van der Waals surface area contributed by atoms with Gasteiger partial charge in [0.2, 0.25) is 10.0 Å². The molecule has 0 spiro atoms. The third-order valence-corrected chi connectivity index (χ3v) is 5.85. The molecule has 2 rings (SSSR count). The predicted molar refractivity (Wildman–Crippen MR) is 67.1 cm³/mol. The van der Waals surface area contributed by atoms with Gasteiger partial charge in [0.25, 0.3) is 0 Å². The van der Waals surface area contributed by atoms with Crippen LogP contribution in [0.3, 0.4) is 0 Å². The number of hydrogen-bond acceptors (Lipinski definition) is 3. The fourth-order valence-electron chi connectivity index (χ4n) is 2.67. The summed E-state index contributed by atoms with van der Waals surface area (Å²) in [6, 6.07) is 0. The minimum atomic E-state index is -3.09. The van der Waals surface area contributed by atoms with Crippen LogP contribution in [-0.2, 0) is 10.0 Å². The van der Waals surface area contributed by atoms with E-state index in [0.29, 0.717) is 12.5 Å². The van der Waals surface area contributed by atoms with Gasteiger partial charge in [-0.1, -0.05) is 25.7 Å². The molecule has 1 atom stereocenters. The van der Waals surface area contributed by atoms with Crippen molar-refractivity contribution < 1.29 is 13.5 Å². The van der Waals surface area contributed by atoms with Crippen molar-refractivity contribution in [3.8, 4) is 0 Å². The quantitative estimate of drug-likeness (QED) is 0.725. The minimum Gasteiger partial charge on any atom is -0.396 e. The van der Waals surface area contributed by atoms with Gasteiger partial charge in [-0.15, -0.1) is 0 Å². The number of hydrogen-bond donors (Lipinski definition) is 2. The van der Waals surface area contributed by atoms with Gasteiger partial charge in [0, 0.05) is 13.2 Å². The van der Waals surface area contributed by atoms with E-state index in [1.165, 1.54) is 25.7 Å². The van der Waals surface area contributed by atoms with E-state index in [-0.39, 0.29) is 17.8 Å². The van der Waals surface area contributed by atoms with Crippen LogP contribution in [0.4, 0.5) is 0 Å². The average molecular weight is 261 g/mol. The van der Waals surface area contributed by atoms with E-state index >= 15 is 0 Å². The number of nitrogens with one attached hydrogen (secondary N) is 1. The monoisotopic (exact) mass is 261 g/mol. The Labute approximate surface area is 104 Å². The molecule has 0 heterocycles. The number of rotatable bonds is 7. The molecule has 0 aromatic heterocycles. The van der Waals surface area contributed by atoms with Crippen molar-refractivity contribution in [1.29, 1.82) is 0 Å². The van der Waals surface area contributed by atoms with Crippen LogP contribution in [0.15, 0.2) is 0 Å². The highest BCUT2D eigenvalue weighted by Gasteiger charge is 2.35. The molecule has 100 valence electrons. The normalized spacial score (nSPS) is 24.1. The van der Waals surface area contributed by atoms with Crippen molar-refractivity contribution >= 4 is 10.0 Å². The lowest BCUT2D eigenvalue weighted by atomic mass is 9.94. The summed E-state index contributed by atoms with van der Waals surface area (Å²) in [5.74, 6) is 0.782. The lowest BCUT2D eigenvalue weighted by molar-refractivity contribution is 0.202. The minimum absolute atomic E-state index is 0.0870. The molecule has 0 unspecified atom stereocenters. The van der Waals surface area contributed by atoms with Crippen LogP contribution in [0.25, 0.3) is 0 Å². The van der Waals surface area contributed by atoms with Crippen molar-refractivity contribution in [1.82, 2.24) is 4.72 Å². The highest BCUT2D eigenvalue weighted by atomic mass is 32.2. The van der Waals surface area contributed by atoms with Crippen LogP contribution < -0.4 is 4.72 Å². The lowest BCUT2D eigenvalue weighted by Crippen LogP contribution is -2.33. The number of aliphatic hydroxyl groups excluding tert-OH is 1. The van der Waals surface area contributed by atoms with Gasteiger partial charge < -0.3 is 5.11 Å². The first-order valence-electron chi connectivity index (χ1n) is 6.71. The summed E-state index contributed by atoms with van der Waals surface area (Å²) in [5, 5.41) is 9.14. The van der Waals surface area contributed by atoms with Crippen LogP contribution in [0, 0.1) is 11.8 Å². The highest BCUT2D eigenvalue weighted by Crippen LogP contribution is 2.31. The fourth-order valence-corrected chi connectivity index (χ4v) is 4.13. The Hall–Kier alpha value is -0.130. The molecule has 2 aliphatic rings. The molecule has 5 heteroatoms. The van der Waals surface area contributed by atoms with E-state index in [9.17, 15) is 13.5 Å². The molecular weight excluding hydrogens is 238 g/mol. The molecule has 0 radical (unpaired) electrons. The Balaban J connectivity index is 1.74. The molecule has 2 aliphatic carbocycles. The summed E-state index contributed by atoms with van der Waals surface area (Å²) in [4.78, 5) is 0. The van der Waals surface area contributed by atoms with Gasteiger partial charge in [-0.2, -0.15) is 0 Å². The van der Waals surface area contributed by atoms with Crippen molar-refractivity contribution in [3.63, 3.8) is 0 Å². The topological polar surface area (TPSA) is 66.4 Å². The highest BCUT2D eigenvalue weighted by molar-refractivity contribution is 7.90. The SMILES string of the molecule is O=S(=O)(NC[C@H](CO)CC1CCCC1)C1CC1. The first-order valence-corrected chi connectivity index (χ1v) is 8.26. The Bertz CT molecular complexity index is 332. The Morgan fingerprint density at radius 2 is 1.82 bits per heavy atom. The summed E-state index contributed by atoms with van der Waals surface area (Å²) in [5.41, 5.74) is 0. The van der Waals surface area contributed by atoms with Gasteiger partial charge >= 0.3 is 0 Å². The van der Waals surface area contributed by atoms with Gasteiger partial charge in [0.15, 0.2) is 0 Å². The summed E-state index contributed by atoms with van der Waals surface area (Å²) < 4.78 is 26.0. The Morgan fingerprint density at radius 1 is 1.18 bits per heavy atom. The molecule has 4 nitrogen and oxygen atoms in total. The van der Waals surface area contributed by atoms with Gasteiger partial charge in [0.05, 0.1) is 5.25 Å². The van der Waals surface area contributed by atoms with Crippen LogP contribution in [0.2, 0.25) is 0 Å². The largest absolute Gasteiger partial charge is 0.396 e. The van der Waals surface area contributed by atoms with Crippen LogP contribution >= 0.6 is 0 Å². The van der Waals surface area contributed by atoms with Crippen LogP contribution in [0.1, 0.15) is 44.9 Å². The lowest BCUT2D eigenvalue weighted by Gasteiger charge is -2.18. The van der Waals surface area contributed by atoms with Gasteiger partial charge in [-0.25, -0.2) is 13.1 Å². The summed E-state index contributed by atoms with van der Waals surface area (Å²) in [6.07, 6.45) is 7.61. The third kappa shape index (κ3) is 3.93. The van der Waals surface area contributed by atoms with E-state index < -0.39 is 10.0 Å². The molecule has 2 fully saturated rings. The smallest absolute Gasteiger partial charge is 0.214 e. The summed E-state index contributed by atoms with van der Waals surface area (Å²) >= 11 is 0. The molecule has 2 saturated carbocycles. The van der Waals surface area contributed by atoms with E-state index in [1.54, 1.807) is 0 Å². The number of aliphatic hydroxyl groups is 1. The fraction of sp³-hybridized carbons (Fsp3) is 1.00. The second-order valence-corrected chi connectivity index (χ2v) is 7.57. The molecular formula is C12H23NO3S. The molecule has 0 saturated heterocycles. The maximum Gasteiger partial charge on any atom is 0.214 e. The second kappa shape index (κ2) is 5.67. The zero-order valence-corrected chi connectivity index (χ0v) is 11.1. The molecule has 0 bridgehead atoms. The predicted octanol–water partition coefficient (Wildman–Crippen LogP) is 1.26. The first-order chi connectivity index (χ1) is 8.12. The van der Waals surface area contributed by atoms with E-state index in [2.05, 4.69) is 4.72 Å². The molecule has 0 aromatic carbocycles. The zero-order chi connectivity index (χ0) is 12.3. The molecule has 17 heavy (non-hydrogen) atoms. The average Bonchev–Trinajstić information content (AvgIpc) is 3.05. The molecule has 0 aliphatic heterocycles. The van der Waals surface area contributed by atoms with E-state index in [1.807, 2.05) is 0 Å². The first kappa shape index (κ1) is 13.3. The van der Waals surface area contributed by atoms with Crippen LogP contribution in [-0.4, -0.2) is 31.9 Å². The van der Waals surface area contributed by atoms with Gasteiger partial charge in [-0.3, -0.25) is 0 Å². The van der Waals surface area contributed by atoms with E-state index in [0.717, 1.165) is 19.3 Å². The van der Waals surface area contributed by atoms with Gasteiger partial charge in [0.1, 0.15) is 0 Å². The molecule has 0 amide bonds. The van der Waals surface area contributed by atoms with Crippen molar-refractivity contribution in [2.45, 2.75) is 50.2 Å². The van der Waals surface area contributed by atoms with Crippen molar-refractivity contribution in [3.05, 3.63) is 0 Å². The van der Waals surface area contributed by atoms with Crippen LogP contribution in [0.5, 0.6) is 0 Å². The standard InChI is InChI=1S/C12H23NO3S/c14-9-11(7-10-3-1-2-4-10)8-13-17(15,16)12-5-6-12/h10-14H,1-9H2/t11-/m1/s1. The third-order valence-electron chi connectivity index (χ3n) is 3.94. The molecule has 0 aromatic rings. The molecule has 2 N–H and O–H groups in total. The Kier molecular flexibility index (Phi) is 4.44. The van der Waals surface area contributed by atoms with Gasteiger partial charge in [-0.05, 0) is 31.1 Å². The summed E-state index contributed by atoms with van der Waals surface area (Å²) in [7, 11) is -3.09. The zero-order valence-electron chi connectivity index (χ0n) is 10.3.